The first-order chi connectivity index (χ1) is 7.25. The van der Waals surface area contributed by atoms with E-state index < -0.39 is 23.2 Å². The highest BCUT2D eigenvalue weighted by Crippen LogP contribution is 2.42. The van der Waals surface area contributed by atoms with Gasteiger partial charge in [-0.1, -0.05) is 6.58 Å². The Morgan fingerprint density at radius 3 is 2.50 bits per heavy atom. The number of rotatable bonds is 2. The molecule has 0 aliphatic carbocycles. The summed E-state index contributed by atoms with van der Waals surface area (Å²) in [6.07, 6.45) is -2.73. The predicted octanol–water partition coefficient (Wildman–Crippen LogP) is 1.25. The quantitative estimate of drug-likeness (QED) is 0.779. The standard InChI is InChI=1S/C9H8F3N3O/c1-6(5-13)8(16,9(10,11)12)7-14-3-4-15(7)2/h3-4,16H,1H2,2H3. The molecule has 0 saturated heterocycles. The largest absolute Gasteiger partial charge is 0.429 e. The maximum Gasteiger partial charge on any atom is 0.429 e. The smallest absolute Gasteiger partial charge is 0.369 e. The van der Waals surface area contributed by atoms with E-state index in [1.54, 1.807) is 0 Å². The van der Waals surface area contributed by atoms with Crippen LogP contribution in [-0.4, -0.2) is 20.8 Å². The van der Waals surface area contributed by atoms with Gasteiger partial charge in [0.15, 0.2) is 5.82 Å². The number of nitrogens with zero attached hydrogens (tertiary/aromatic N) is 3. The number of aryl methyl sites for hydroxylation is 1. The number of hydrogen-bond acceptors (Lipinski definition) is 3. The Morgan fingerprint density at radius 1 is 1.62 bits per heavy atom. The fraction of sp³-hybridized carbons (Fsp3) is 0.333. The van der Waals surface area contributed by atoms with Crippen molar-refractivity contribution in [2.24, 2.45) is 7.05 Å². The Labute approximate surface area is 89.3 Å². The van der Waals surface area contributed by atoms with Gasteiger partial charge in [0.1, 0.15) is 0 Å². The van der Waals surface area contributed by atoms with E-state index in [9.17, 15) is 18.3 Å². The predicted molar refractivity (Wildman–Crippen MR) is 47.9 cm³/mol. The molecule has 4 nitrogen and oxygen atoms in total. The molecule has 0 saturated carbocycles. The molecule has 1 unspecified atom stereocenters. The Balaban J connectivity index is 3.45. The SMILES string of the molecule is C=C(C#N)C(O)(c1nccn1C)C(F)(F)F. The topological polar surface area (TPSA) is 61.8 Å². The summed E-state index contributed by atoms with van der Waals surface area (Å²) in [4.78, 5) is 3.40. The van der Waals surface area contributed by atoms with Crippen molar-refractivity contribution in [2.75, 3.05) is 0 Å². The monoisotopic (exact) mass is 231 g/mol. The van der Waals surface area contributed by atoms with Crippen molar-refractivity contribution in [1.82, 2.24) is 9.55 Å². The minimum atomic E-state index is -5.06. The van der Waals surface area contributed by atoms with Crippen LogP contribution in [0.15, 0.2) is 24.5 Å². The van der Waals surface area contributed by atoms with Crippen LogP contribution in [0, 0.1) is 11.3 Å². The van der Waals surface area contributed by atoms with Gasteiger partial charge in [-0.15, -0.1) is 0 Å². The van der Waals surface area contributed by atoms with E-state index in [2.05, 4.69) is 11.6 Å². The zero-order valence-electron chi connectivity index (χ0n) is 8.28. The summed E-state index contributed by atoms with van der Waals surface area (Å²) in [6, 6.07) is 1.21. The Kier molecular flexibility index (Phi) is 2.79. The van der Waals surface area contributed by atoms with E-state index in [1.165, 1.54) is 19.3 Å². The summed E-state index contributed by atoms with van der Waals surface area (Å²) in [5.41, 5.74) is -4.46. The van der Waals surface area contributed by atoms with Gasteiger partial charge >= 0.3 is 6.18 Å². The average Bonchev–Trinajstić information content (AvgIpc) is 2.60. The van der Waals surface area contributed by atoms with Crippen molar-refractivity contribution in [3.05, 3.63) is 30.4 Å². The van der Waals surface area contributed by atoms with Crippen molar-refractivity contribution < 1.29 is 18.3 Å². The molecular weight excluding hydrogens is 223 g/mol. The van der Waals surface area contributed by atoms with Crippen LogP contribution < -0.4 is 0 Å². The molecule has 0 aromatic carbocycles. The molecule has 1 N–H and O–H groups in total. The molecule has 0 aliphatic heterocycles. The molecule has 86 valence electrons. The number of nitriles is 1. The number of imidazole rings is 1. The van der Waals surface area contributed by atoms with Crippen molar-refractivity contribution in [3.63, 3.8) is 0 Å². The summed E-state index contributed by atoms with van der Waals surface area (Å²) in [6.45, 7) is 2.92. The van der Waals surface area contributed by atoms with Crippen LogP contribution in [-0.2, 0) is 12.6 Å². The third kappa shape index (κ3) is 1.57. The molecule has 0 bridgehead atoms. The van der Waals surface area contributed by atoms with Gasteiger partial charge in [0, 0.05) is 19.4 Å². The molecule has 0 spiro atoms. The van der Waals surface area contributed by atoms with Gasteiger partial charge in [0.2, 0.25) is 0 Å². The molecule has 1 aromatic heterocycles. The first kappa shape index (κ1) is 12.3. The first-order valence-electron chi connectivity index (χ1n) is 4.11. The average molecular weight is 231 g/mol. The second-order valence-corrected chi connectivity index (χ2v) is 3.16. The number of aliphatic hydroxyl groups is 1. The maximum absolute atomic E-state index is 12.8. The van der Waals surface area contributed by atoms with Crippen LogP contribution >= 0.6 is 0 Å². The van der Waals surface area contributed by atoms with Crippen molar-refractivity contribution >= 4 is 0 Å². The van der Waals surface area contributed by atoms with Gasteiger partial charge in [-0.25, -0.2) is 4.98 Å². The molecule has 1 aromatic rings. The molecule has 0 radical (unpaired) electrons. The summed E-state index contributed by atoms with van der Waals surface area (Å²) < 4.78 is 39.3. The van der Waals surface area contributed by atoms with E-state index in [-0.39, 0.29) is 0 Å². The Morgan fingerprint density at radius 2 is 2.19 bits per heavy atom. The van der Waals surface area contributed by atoms with Gasteiger partial charge in [-0.2, -0.15) is 18.4 Å². The first-order valence-corrected chi connectivity index (χ1v) is 4.11. The van der Waals surface area contributed by atoms with Crippen LogP contribution in [0.1, 0.15) is 5.82 Å². The Hall–Kier alpha value is -1.81. The highest BCUT2D eigenvalue weighted by molar-refractivity contribution is 5.34. The molecular formula is C9H8F3N3O. The molecule has 16 heavy (non-hydrogen) atoms. The van der Waals surface area contributed by atoms with Crippen LogP contribution in [0.5, 0.6) is 0 Å². The molecule has 1 rings (SSSR count). The van der Waals surface area contributed by atoms with Gasteiger partial charge in [0.25, 0.3) is 5.60 Å². The highest BCUT2D eigenvalue weighted by Gasteiger charge is 2.59. The lowest BCUT2D eigenvalue weighted by Gasteiger charge is -2.28. The van der Waals surface area contributed by atoms with Gasteiger partial charge in [-0.3, -0.25) is 0 Å². The summed E-state index contributed by atoms with van der Waals surface area (Å²) in [5.74, 6) is -0.688. The maximum atomic E-state index is 12.8. The van der Waals surface area contributed by atoms with Crippen LogP contribution in [0.25, 0.3) is 0 Å². The van der Waals surface area contributed by atoms with E-state index >= 15 is 0 Å². The van der Waals surface area contributed by atoms with Crippen molar-refractivity contribution in [3.8, 4) is 6.07 Å². The number of halogens is 3. The normalized spacial score (nSPS) is 15.2. The zero-order valence-corrected chi connectivity index (χ0v) is 8.28. The molecule has 1 heterocycles. The van der Waals surface area contributed by atoms with E-state index in [1.807, 2.05) is 0 Å². The second-order valence-electron chi connectivity index (χ2n) is 3.16. The fourth-order valence-corrected chi connectivity index (χ4v) is 1.23. The number of alkyl halides is 3. The van der Waals surface area contributed by atoms with Crippen molar-refractivity contribution in [2.45, 2.75) is 11.8 Å². The minimum Gasteiger partial charge on any atom is -0.369 e. The molecule has 0 aliphatic rings. The highest BCUT2D eigenvalue weighted by atomic mass is 19.4. The van der Waals surface area contributed by atoms with Crippen LogP contribution in [0.4, 0.5) is 13.2 Å². The lowest BCUT2D eigenvalue weighted by atomic mass is 9.94. The Bertz CT molecular complexity index is 457. The van der Waals surface area contributed by atoms with Crippen LogP contribution in [0.3, 0.4) is 0 Å². The van der Waals surface area contributed by atoms with Gasteiger partial charge in [-0.05, 0) is 0 Å². The summed E-state index contributed by atoms with van der Waals surface area (Å²) in [5, 5.41) is 18.1. The lowest BCUT2D eigenvalue weighted by Crippen LogP contribution is -2.45. The fourth-order valence-electron chi connectivity index (χ4n) is 1.23. The van der Waals surface area contributed by atoms with E-state index in [4.69, 9.17) is 5.26 Å². The van der Waals surface area contributed by atoms with E-state index in [0.717, 1.165) is 10.8 Å². The third-order valence-electron chi connectivity index (χ3n) is 2.13. The van der Waals surface area contributed by atoms with Crippen LogP contribution in [0.2, 0.25) is 0 Å². The number of aromatic nitrogens is 2. The molecule has 0 amide bonds. The summed E-state index contributed by atoms with van der Waals surface area (Å²) in [7, 11) is 1.28. The molecule has 0 fully saturated rings. The zero-order chi connectivity index (χ0) is 12.6. The number of hydrogen-bond donors (Lipinski definition) is 1. The lowest BCUT2D eigenvalue weighted by molar-refractivity contribution is -0.251. The van der Waals surface area contributed by atoms with Gasteiger partial charge in [0.05, 0.1) is 11.6 Å². The second kappa shape index (κ2) is 3.64. The molecule has 1 atom stereocenters. The van der Waals surface area contributed by atoms with Gasteiger partial charge < -0.3 is 9.67 Å². The summed E-state index contributed by atoms with van der Waals surface area (Å²) >= 11 is 0. The third-order valence-corrected chi connectivity index (χ3v) is 2.13. The minimum absolute atomic E-state index is 0.688. The molecule has 7 heteroatoms. The van der Waals surface area contributed by atoms with Crippen molar-refractivity contribution in [1.29, 1.82) is 5.26 Å². The van der Waals surface area contributed by atoms with E-state index in [0.29, 0.717) is 0 Å².